The van der Waals surface area contributed by atoms with Crippen LogP contribution in [0, 0.1) is 6.92 Å². The molecule has 3 aromatic heterocycles. The van der Waals surface area contributed by atoms with Gasteiger partial charge in [0.15, 0.2) is 0 Å². The van der Waals surface area contributed by atoms with Crippen LogP contribution in [0.4, 0.5) is 0 Å². The topological polar surface area (TPSA) is 35.6 Å². The summed E-state index contributed by atoms with van der Waals surface area (Å²) in [5, 5.41) is 5.79. The second kappa shape index (κ2) is 10.8. The molecule has 10 rings (SSSR count). The monoisotopic (exact) mass is 626 g/mol. The highest BCUT2D eigenvalue weighted by atomic mass is 15.2. The van der Waals surface area contributed by atoms with E-state index < -0.39 is 0 Å². The number of para-hydroxylation sites is 4. The van der Waals surface area contributed by atoms with Crippen LogP contribution in [-0.4, -0.2) is 19.1 Å². The molecule has 10 aromatic rings. The average Bonchev–Trinajstić information content (AvgIpc) is 3.66. The van der Waals surface area contributed by atoms with Gasteiger partial charge in [0.25, 0.3) is 0 Å². The molecule has 230 valence electrons. The summed E-state index contributed by atoms with van der Waals surface area (Å²) in [5.41, 5.74) is 12.2. The summed E-state index contributed by atoms with van der Waals surface area (Å²) >= 11 is 0. The fraction of sp³-hybridized carbons (Fsp3) is 0.0222. The number of aromatic nitrogens is 4. The van der Waals surface area contributed by atoms with Gasteiger partial charge >= 0.3 is 0 Å². The average molecular weight is 627 g/mol. The molecule has 0 aliphatic rings. The van der Waals surface area contributed by atoms with Crippen LogP contribution in [-0.2, 0) is 0 Å². The highest BCUT2D eigenvalue weighted by Crippen LogP contribution is 2.40. The minimum atomic E-state index is 0.661. The Kier molecular flexibility index (Phi) is 6.06. The van der Waals surface area contributed by atoms with Crippen LogP contribution in [0.25, 0.3) is 88.5 Å². The molecule has 4 heteroatoms. The number of benzene rings is 7. The Morgan fingerprint density at radius 3 is 1.57 bits per heavy atom. The molecule has 0 amide bonds. The fourth-order valence-corrected chi connectivity index (χ4v) is 7.45. The molecule has 0 radical (unpaired) electrons. The molecule has 7 aromatic carbocycles. The lowest BCUT2D eigenvalue weighted by Gasteiger charge is -2.12. The second-order valence-corrected chi connectivity index (χ2v) is 12.8. The first kappa shape index (κ1) is 27.6. The third kappa shape index (κ3) is 4.31. The minimum Gasteiger partial charge on any atom is -0.309 e. The molecule has 49 heavy (non-hydrogen) atoms. The van der Waals surface area contributed by atoms with E-state index in [4.69, 9.17) is 9.97 Å². The van der Waals surface area contributed by atoms with Gasteiger partial charge in [0.05, 0.1) is 33.3 Å². The number of hydrogen-bond donors (Lipinski definition) is 0. The zero-order valence-electron chi connectivity index (χ0n) is 26.9. The molecule has 4 nitrogen and oxygen atoms in total. The molecule has 0 spiro atoms. The van der Waals surface area contributed by atoms with Crippen molar-refractivity contribution < 1.29 is 0 Å². The first-order chi connectivity index (χ1) is 24.2. The van der Waals surface area contributed by atoms with E-state index in [0.717, 1.165) is 38.9 Å². The lowest BCUT2D eigenvalue weighted by atomic mass is 10.0. The zero-order chi connectivity index (χ0) is 32.5. The first-order valence-corrected chi connectivity index (χ1v) is 16.7. The molecule has 0 unspecified atom stereocenters. The van der Waals surface area contributed by atoms with E-state index in [1.54, 1.807) is 0 Å². The standard InChI is InChI=1S/C45H30N4/c1-29-19-21-30(22-20-29)31-23-25-32(26-24-31)44-36-15-5-8-16-39(36)46-45(47-44)49-41-18-10-7-14-35(41)38-27-42-37(28-43(38)49)34-13-6-9-17-40(34)48(42)33-11-3-2-4-12-33/h2-28H,1H3. The van der Waals surface area contributed by atoms with Gasteiger partial charge in [-0.3, -0.25) is 4.57 Å². The van der Waals surface area contributed by atoms with Gasteiger partial charge in [-0.1, -0.05) is 127 Å². The van der Waals surface area contributed by atoms with E-state index in [1.165, 1.54) is 49.3 Å². The van der Waals surface area contributed by atoms with Crippen molar-refractivity contribution in [3.8, 4) is 34.0 Å². The molecule has 0 bridgehead atoms. The Bertz CT molecular complexity index is 2860. The van der Waals surface area contributed by atoms with Crippen molar-refractivity contribution in [2.45, 2.75) is 6.92 Å². The van der Waals surface area contributed by atoms with Crippen molar-refractivity contribution in [3.63, 3.8) is 0 Å². The molecular weight excluding hydrogens is 597 g/mol. The number of aryl methyl sites for hydroxylation is 1. The summed E-state index contributed by atoms with van der Waals surface area (Å²) in [5.74, 6) is 0.661. The van der Waals surface area contributed by atoms with Crippen molar-refractivity contribution in [3.05, 3.63) is 169 Å². The number of hydrogen-bond acceptors (Lipinski definition) is 2. The van der Waals surface area contributed by atoms with E-state index in [2.05, 4.69) is 180 Å². The fourth-order valence-electron chi connectivity index (χ4n) is 7.45. The van der Waals surface area contributed by atoms with Crippen LogP contribution in [0.15, 0.2) is 164 Å². The maximum atomic E-state index is 5.37. The molecule has 3 heterocycles. The van der Waals surface area contributed by atoms with Crippen LogP contribution in [0.3, 0.4) is 0 Å². The van der Waals surface area contributed by atoms with E-state index in [9.17, 15) is 0 Å². The molecule has 0 atom stereocenters. The van der Waals surface area contributed by atoms with Gasteiger partial charge in [0.1, 0.15) is 0 Å². The van der Waals surface area contributed by atoms with Crippen molar-refractivity contribution in [1.29, 1.82) is 0 Å². The summed E-state index contributed by atoms with van der Waals surface area (Å²) in [6.07, 6.45) is 0. The summed E-state index contributed by atoms with van der Waals surface area (Å²) < 4.78 is 4.62. The Hall–Kier alpha value is -6.52. The van der Waals surface area contributed by atoms with Gasteiger partial charge in [-0.25, -0.2) is 9.97 Å². The Morgan fingerprint density at radius 2 is 0.898 bits per heavy atom. The summed E-state index contributed by atoms with van der Waals surface area (Å²) in [7, 11) is 0. The van der Waals surface area contributed by atoms with Crippen LogP contribution in [0.5, 0.6) is 0 Å². The zero-order valence-corrected chi connectivity index (χ0v) is 26.9. The van der Waals surface area contributed by atoms with Gasteiger partial charge in [-0.15, -0.1) is 0 Å². The number of rotatable bonds is 4. The third-order valence-corrected chi connectivity index (χ3v) is 9.82. The smallest absolute Gasteiger partial charge is 0.235 e. The van der Waals surface area contributed by atoms with Crippen LogP contribution < -0.4 is 0 Å². The molecular formula is C45H30N4. The van der Waals surface area contributed by atoms with Crippen molar-refractivity contribution in [2.24, 2.45) is 0 Å². The first-order valence-electron chi connectivity index (χ1n) is 16.7. The lowest BCUT2D eigenvalue weighted by molar-refractivity contribution is 1.01. The molecule has 0 saturated heterocycles. The highest BCUT2D eigenvalue weighted by molar-refractivity contribution is 6.19. The van der Waals surface area contributed by atoms with E-state index in [-0.39, 0.29) is 0 Å². The van der Waals surface area contributed by atoms with Crippen molar-refractivity contribution in [1.82, 2.24) is 19.1 Å². The predicted molar refractivity (Wildman–Crippen MR) is 204 cm³/mol. The van der Waals surface area contributed by atoms with Gasteiger partial charge in [-0.05, 0) is 60.5 Å². The summed E-state index contributed by atoms with van der Waals surface area (Å²) in [6.45, 7) is 2.12. The van der Waals surface area contributed by atoms with E-state index in [0.29, 0.717) is 5.95 Å². The maximum absolute atomic E-state index is 5.37. The largest absolute Gasteiger partial charge is 0.309 e. The normalized spacial score (nSPS) is 11.8. The van der Waals surface area contributed by atoms with Crippen LogP contribution in [0.2, 0.25) is 0 Å². The molecule has 0 fully saturated rings. The van der Waals surface area contributed by atoms with Crippen LogP contribution >= 0.6 is 0 Å². The van der Waals surface area contributed by atoms with Crippen LogP contribution in [0.1, 0.15) is 5.56 Å². The highest BCUT2D eigenvalue weighted by Gasteiger charge is 2.20. The van der Waals surface area contributed by atoms with Gasteiger partial charge < -0.3 is 4.57 Å². The van der Waals surface area contributed by atoms with Gasteiger partial charge in [0, 0.05) is 38.2 Å². The molecule has 0 aliphatic heterocycles. The van der Waals surface area contributed by atoms with Crippen molar-refractivity contribution >= 4 is 54.5 Å². The number of nitrogens with zero attached hydrogens (tertiary/aromatic N) is 4. The summed E-state index contributed by atoms with van der Waals surface area (Å²) in [6, 6.07) is 58.3. The second-order valence-electron chi connectivity index (χ2n) is 12.8. The van der Waals surface area contributed by atoms with E-state index >= 15 is 0 Å². The van der Waals surface area contributed by atoms with E-state index in [1.807, 2.05) is 0 Å². The molecule has 0 aliphatic carbocycles. The predicted octanol–water partition coefficient (Wildman–Crippen LogP) is 11.5. The Morgan fingerprint density at radius 1 is 0.388 bits per heavy atom. The molecule has 0 saturated carbocycles. The summed E-state index contributed by atoms with van der Waals surface area (Å²) in [4.78, 5) is 10.6. The SMILES string of the molecule is Cc1ccc(-c2ccc(-c3nc(-n4c5ccccc5c5cc6c(cc54)c4ccccc4n6-c4ccccc4)nc4ccccc34)cc2)cc1. The quantitative estimate of drug-likeness (QED) is 0.195. The minimum absolute atomic E-state index is 0.661. The Labute approximate surface area is 283 Å². The van der Waals surface area contributed by atoms with Gasteiger partial charge in [-0.2, -0.15) is 0 Å². The van der Waals surface area contributed by atoms with Crippen molar-refractivity contribution in [2.75, 3.05) is 0 Å². The maximum Gasteiger partial charge on any atom is 0.235 e. The van der Waals surface area contributed by atoms with Gasteiger partial charge in [0.2, 0.25) is 5.95 Å². The number of fused-ring (bicyclic) bond motifs is 7. The Balaban J connectivity index is 1.24. The third-order valence-electron chi connectivity index (χ3n) is 9.82. The lowest BCUT2D eigenvalue weighted by Crippen LogP contribution is -2.03. The molecule has 0 N–H and O–H groups in total.